The Hall–Kier alpha value is -7.83. The van der Waals surface area contributed by atoms with E-state index in [4.69, 9.17) is 0 Å². The van der Waals surface area contributed by atoms with E-state index in [2.05, 4.69) is 243 Å². The van der Waals surface area contributed by atoms with Gasteiger partial charge in [-0.3, -0.25) is 0 Å². The first-order valence-corrected chi connectivity index (χ1v) is 24.9. The lowest BCUT2D eigenvalue weighted by molar-refractivity contribution is 0.580. The molecule has 0 saturated carbocycles. The van der Waals surface area contributed by atoms with Gasteiger partial charge in [0.2, 0.25) is 0 Å². The van der Waals surface area contributed by atoms with E-state index < -0.39 is 7.14 Å². The van der Waals surface area contributed by atoms with Crippen LogP contribution in [0.25, 0.3) is 99.4 Å². The van der Waals surface area contributed by atoms with Crippen LogP contribution in [0.4, 0.5) is 0 Å². The summed E-state index contributed by atoms with van der Waals surface area (Å²) in [5, 5.41) is 5.57. The van der Waals surface area contributed by atoms with Crippen molar-refractivity contribution in [2.24, 2.45) is 0 Å². The fourth-order valence-corrected chi connectivity index (χ4v) is 13.3. The van der Waals surface area contributed by atoms with E-state index in [1.54, 1.807) is 0 Å². The zero-order valence-corrected chi connectivity index (χ0v) is 37.3. The third-order valence-electron chi connectivity index (χ3n) is 13.5. The van der Waals surface area contributed by atoms with E-state index in [9.17, 15) is 0 Å². The molecule has 12 rings (SSSR count). The standard InChI is InChI=1S/C64H45OP/c65-66(56-30-14-5-15-31-56)42-61-59(54-36-50(44-20-6-1-7-21-44)34-51(37-54)45-22-8-2-9-23-45)40-48-28-16-18-32-57(48)63(61)64-58-33-19-17-29-49(58)41-60(62(64)43-66)55-38-52(46-24-10-3-11-25-46)35-53(39-55)47-26-12-4-13-27-47/h1-41H,42-43H2. The molecule has 0 amide bonds. The van der Waals surface area contributed by atoms with Gasteiger partial charge in [-0.1, -0.05) is 200 Å². The molecule has 2 heteroatoms. The first-order chi connectivity index (χ1) is 32.6. The molecule has 11 aromatic rings. The Morgan fingerprint density at radius 1 is 0.273 bits per heavy atom. The number of hydrogen-bond acceptors (Lipinski definition) is 1. The van der Waals surface area contributed by atoms with Crippen LogP contribution < -0.4 is 5.30 Å². The highest BCUT2D eigenvalue weighted by molar-refractivity contribution is 7.70. The van der Waals surface area contributed by atoms with Crippen LogP contribution in [-0.4, -0.2) is 0 Å². The Kier molecular flexibility index (Phi) is 10.0. The van der Waals surface area contributed by atoms with Gasteiger partial charge in [0, 0.05) is 17.6 Å². The summed E-state index contributed by atoms with van der Waals surface area (Å²) in [5.41, 5.74) is 18.3. The molecule has 0 fully saturated rings. The summed E-state index contributed by atoms with van der Waals surface area (Å²) in [7, 11) is -3.20. The Morgan fingerprint density at radius 2 is 0.561 bits per heavy atom. The van der Waals surface area contributed by atoms with Crippen LogP contribution in [0.5, 0.6) is 0 Å². The van der Waals surface area contributed by atoms with Gasteiger partial charge >= 0.3 is 0 Å². The molecule has 0 atom stereocenters. The molecule has 0 saturated heterocycles. The lowest BCUT2D eigenvalue weighted by atomic mass is 9.81. The maximum Gasteiger partial charge on any atom is 0.124 e. The lowest BCUT2D eigenvalue weighted by Gasteiger charge is -2.22. The molecule has 1 heterocycles. The van der Waals surface area contributed by atoms with Gasteiger partial charge in [0.15, 0.2) is 0 Å². The van der Waals surface area contributed by atoms with Crippen LogP contribution >= 0.6 is 7.14 Å². The maximum absolute atomic E-state index is 16.8. The number of benzene rings is 11. The average molecular weight is 861 g/mol. The molecule has 0 radical (unpaired) electrons. The van der Waals surface area contributed by atoms with E-state index in [0.717, 1.165) is 94.0 Å². The minimum absolute atomic E-state index is 0.421. The van der Waals surface area contributed by atoms with Gasteiger partial charge in [-0.05, 0) is 159 Å². The normalized spacial score (nSPS) is 12.9. The fourth-order valence-electron chi connectivity index (χ4n) is 10.4. The minimum atomic E-state index is -3.20. The molecule has 66 heavy (non-hydrogen) atoms. The van der Waals surface area contributed by atoms with Crippen molar-refractivity contribution in [1.29, 1.82) is 0 Å². The molecule has 0 bridgehead atoms. The third-order valence-corrected chi connectivity index (χ3v) is 16.4. The van der Waals surface area contributed by atoms with E-state index >= 15 is 4.57 Å². The molecule has 0 aliphatic carbocycles. The highest BCUT2D eigenvalue weighted by Gasteiger charge is 2.36. The van der Waals surface area contributed by atoms with Crippen LogP contribution in [0, 0.1) is 0 Å². The van der Waals surface area contributed by atoms with Crippen molar-refractivity contribution in [2.75, 3.05) is 0 Å². The molecule has 1 aliphatic rings. The van der Waals surface area contributed by atoms with Crippen molar-refractivity contribution in [3.05, 3.63) is 260 Å². The van der Waals surface area contributed by atoms with Gasteiger partial charge in [0.1, 0.15) is 7.14 Å². The molecule has 0 unspecified atom stereocenters. The minimum Gasteiger partial charge on any atom is -0.318 e. The molecule has 0 spiro atoms. The zero-order chi connectivity index (χ0) is 44.0. The summed E-state index contributed by atoms with van der Waals surface area (Å²) in [5.74, 6) is 0. The van der Waals surface area contributed by atoms with Gasteiger partial charge in [0.05, 0.1) is 0 Å². The van der Waals surface area contributed by atoms with Crippen molar-refractivity contribution in [2.45, 2.75) is 12.3 Å². The summed E-state index contributed by atoms with van der Waals surface area (Å²) in [6.45, 7) is 0. The second-order valence-corrected chi connectivity index (χ2v) is 20.5. The Morgan fingerprint density at radius 3 is 0.909 bits per heavy atom. The largest absolute Gasteiger partial charge is 0.318 e. The monoisotopic (exact) mass is 860 g/mol. The molecule has 1 aliphatic heterocycles. The predicted molar refractivity (Wildman–Crippen MR) is 281 cm³/mol. The molecule has 11 aromatic carbocycles. The number of rotatable bonds is 7. The second-order valence-electron chi connectivity index (χ2n) is 17.6. The summed E-state index contributed by atoms with van der Waals surface area (Å²) >= 11 is 0. The Balaban J connectivity index is 1.22. The maximum atomic E-state index is 16.8. The van der Waals surface area contributed by atoms with Crippen molar-refractivity contribution < 1.29 is 4.57 Å². The average Bonchev–Trinajstić information content (AvgIpc) is 3.54. The summed E-state index contributed by atoms with van der Waals surface area (Å²) in [6.07, 6.45) is 0.842. The van der Waals surface area contributed by atoms with Gasteiger partial charge < -0.3 is 4.57 Å². The van der Waals surface area contributed by atoms with Crippen LogP contribution in [0.1, 0.15) is 11.1 Å². The highest BCUT2D eigenvalue weighted by atomic mass is 31.2. The molecule has 0 aromatic heterocycles. The smallest absolute Gasteiger partial charge is 0.124 e. The van der Waals surface area contributed by atoms with Crippen LogP contribution in [-0.2, 0) is 16.9 Å². The van der Waals surface area contributed by atoms with E-state index in [1.807, 2.05) is 6.07 Å². The van der Waals surface area contributed by atoms with Crippen LogP contribution in [0.2, 0.25) is 0 Å². The summed E-state index contributed by atoms with van der Waals surface area (Å²) in [4.78, 5) is 0. The number of hydrogen-bond donors (Lipinski definition) is 0. The van der Waals surface area contributed by atoms with Gasteiger partial charge in [-0.2, -0.15) is 0 Å². The quantitative estimate of drug-likeness (QED) is 0.146. The van der Waals surface area contributed by atoms with Gasteiger partial charge in [-0.25, -0.2) is 0 Å². The van der Waals surface area contributed by atoms with Crippen molar-refractivity contribution in [1.82, 2.24) is 0 Å². The third kappa shape index (κ3) is 7.19. The fraction of sp³-hybridized carbons (Fsp3) is 0.0312. The molecule has 0 N–H and O–H groups in total. The number of fused-ring (bicyclic) bond motifs is 7. The highest BCUT2D eigenvalue weighted by Crippen LogP contribution is 2.61. The zero-order valence-electron chi connectivity index (χ0n) is 36.4. The van der Waals surface area contributed by atoms with Crippen molar-refractivity contribution in [3.63, 3.8) is 0 Å². The molecular weight excluding hydrogens is 816 g/mol. The second kappa shape index (κ2) is 16.6. The summed E-state index contributed by atoms with van der Waals surface area (Å²) < 4.78 is 16.8. The Labute approximate surface area is 386 Å². The van der Waals surface area contributed by atoms with Gasteiger partial charge in [-0.15, -0.1) is 0 Å². The topological polar surface area (TPSA) is 17.1 Å². The van der Waals surface area contributed by atoms with Crippen molar-refractivity contribution in [3.8, 4) is 77.9 Å². The van der Waals surface area contributed by atoms with Crippen LogP contribution in [0.15, 0.2) is 249 Å². The van der Waals surface area contributed by atoms with Crippen LogP contribution in [0.3, 0.4) is 0 Å². The van der Waals surface area contributed by atoms with E-state index in [-0.39, 0.29) is 0 Å². The molecule has 312 valence electrons. The van der Waals surface area contributed by atoms with E-state index in [0.29, 0.717) is 12.3 Å². The first kappa shape index (κ1) is 39.7. The van der Waals surface area contributed by atoms with E-state index in [1.165, 1.54) is 21.9 Å². The molecule has 1 nitrogen and oxygen atoms in total. The molecular formula is C64H45OP. The van der Waals surface area contributed by atoms with Crippen molar-refractivity contribution >= 4 is 34.0 Å². The SMILES string of the molecule is O=P1(c2ccccc2)Cc2c(-c3cc(-c4ccccc4)cc(-c4ccccc4)c3)cc3ccccc3c2-c2c(c(-c3cc(-c4ccccc4)cc(-c4ccccc4)c3)cc3ccccc23)C1. The van der Waals surface area contributed by atoms with Gasteiger partial charge in [0.25, 0.3) is 0 Å². The lowest BCUT2D eigenvalue weighted by Crippen LogP contribution is -2.09. The first-order valence-electron chi connectivity index (χ1n) is 22.8. The summed E-state index contributed by atoms with van der Waals surface area (Å²) in [6, 6.07) is 89.5. The Bertz CT molecular complexity index is 3300. The predicted octanol–water partition coefficient (Wildman–Crippen LogP) is 17.4.